The normalized spacial score (nSPS) is 35.9. The summed E-state index contributed by atoms with van der Waals surface area (Å²) in [6.45, 7) is 5.62. The van der Waals surface area contributed by atoms with Crippen molar-refractivity contribution < 1.29 is 14.3 Å². The number of ether oxygens (including phenoxy) is 2. The molecule has 5 heteroatoms. The SMILES string of the molecule is CCC1(C(=O)NCC2(OC)CCOC2)CCNC1. The topological polar surface area (TPSA) is 59.6 Å². The Morgan fingerprint density at radius 2 is 2.33 bits per heavy atom. The number of methoxy groups -OCH3 is 1. The van der Waals surface area contributed by atoms with Crippen LogP contribution in [0, 0.1) is 5.41 Å². The second-order valence-electron chi connectivity index (χ2n) is 5.43. The second-order valence-corrected chi connectivity index (χ2v) is 5.43. The van der Waals surface area contributed by atoms with Crippen molar-refractivity contribution in [1.29, 1.82) is 0 Å². The highest BCUT2D eigenvalue weighted by atomic mass is 16.5. The van der Waals surface area contributed by atoms with Gasteiger partial charge in [0, 0.05) is 33.2 Å². The first-order chi connectivity index (χ1) is 8.66. The summed E-state index contributed by atoms with van der Waals surface area (Å²) in [5.41, 5.74) is -0.551. The molecule has 2 fully saturated rings. The van der Waals surface area contributed by atoms with E-state index in [0.29, 0.717) is 19.8 Å². The lowest BCUT2D eigenvalue weighted by Gasteiger charge is -2.30. The molecule has 0 bridgehead atoms. The van der Waals surface area contributed by atoms with E-state index in [1.54, 1.807) is 7.11 Å². The number of hydrogen-bond acceptors (Lipinski definition) is 4. The molecular formula is C13H24N2O3. The summed E-state index contributed by atoms with van der Waals surface area (Å²) in [7, 11) is 1.69. The summed E-state index contributed by atoms with van der Waals surface area (Å²) in [6.07, 6.45) is 2.65. The zero-order valence-electron chi connectivity index (χ0n) is 11.4. The van der Waals surface area contributed by atoms with Crippen molar-refractivity contribution in [3.8, 4) is 0 Å². The fraction of sp³-hybridized carbons (Fsp3) is 0.923. The molecule has 2 unspecified atom stereocenters. The Morgan fingerprint density at radius 3 is 2.83 bits per heavy atom. The van der Waals surface area contributed by atoms with Crippen LogP contribution in [-0.2, 0) is 14.3 Å². The van der Waals surface area contributed by atoms with Crippen LogP contribution in [0.2, 0.25) is 0 Å². The van der Waals surface area contributed by atoms with Crippen molar-refractivity contribution in [1.82, 2.24) is 10.6 Å². The molecule has 2 heterocycles. The Kier molecular flexibility index (Phi) is 4.25. The van der Waals surface area contributed by atoms with E-state index in [4.69, 9.17) is 9.47 Å². The Bertz CT molecular complexity index is 295. The van der Waals surface area contributed by atoms with E-state index in [9.17, 15) is 4.79 Å². The standard InChI is InChI=1S/C13H24N2O3/c1-3-12(4-6-14-8-12)11(16)15-9-13(17-2)5-7-18-10-13/h14H,3-10H2,1-2H3,(H,15,16). The van der Waals surface area contributed by atoms with Crippen LogP contribution in [0.25, 0.3) is 0 Å². The van der Waals surface area contributed by atoms with Gasteiger partial charge in [0.15, 0.2) is 0 Å². The molecule has 0 aromatic rings. The maximum absolute atomic E-state index is 12.4. The fourth-order valence-electron chi connectivity index (χ4n) is 2.79. The highest BCUT2D eigenvalue weighted by Crippen LogP contribution is 2.30. The lowest BCUT2D eigenvalue weighted by molar-refractivity contribution is -0.132. The molecule has 2 rings (SSSR count). The van der Waals surface area contributed by atoms with Crippen LogP contribution < -0.4 is 10.6 Å². The van der Waals surface area contributed by atoms with E-state index in [-0.39, 0.29) is 16.9 Å². The lowest BCUT2D eigenvalue weighted by atomic mass is 9.83. The largest absolute Gasteiger partial charge is 0.378 e. The summed E-state index contributed by atoms with van der Waals surface area (Å²) < 4.78 is 10.9. The van der Waals surface area contributed by atoms with Crippen LogP contribution in [0.3, 0.4) is 0 Å². The third-order valence-corrected chi connectivity index (χ3v) is 4.47. The van der Waals surface area contributed by atoms with Gasteiger partial charge in [0.25, 0.3) is 0 Å². The second kappa shape index (κ2) is 5.55. The highest BCUT2D eigenvalue weighted by Gasteiger charge is 2.41. The smallest absolute Gasteiger partial charge is 0.227 e. The molecule has 2 saturated heterocycles. The van der Waals surface area contributed by atoms with Gasteiger partial charge in [-0.25, -0.2) is 0 Å². The van der Waals surface area contributed by atoms with Gasteiger partial charge in [-0.15, -0.1) is 0 Å². The summed E-state index contributed by atoms with van der Waals surface area (Å²) in [4.78, 5) is 12.4. The zero-order valence-corrected chi connectivity index (χ0v) is 11.4. The van der Waals surface area contributed by atoms with E-state index >= 15 is 0 Å². The zero-order chi connectivity index (χ0) is 13.1. The molecule has 0 aromatic heterocycles. The van der Waals surface area contributed by atoms with E-state index in [2.05, 4.69) is 17.6 Å². The minimum absolute atomic E-state index is 0.151. The first-order valence-electron chi connectivity index (χ1n) is 6.78. The van der Waals surface area contributed by atoms with Crippen molar-refractivity contribution in [2.24, 2.45) is 5.41 Å². The van der Waals surface area contributed by atoms with Crippen molar-refractivity contribution >= 4 is 5.91 Å². The average Bonchev–Trinajstić information content (AvgIpc) is 3.06. The quantitative estimate of drug-likeness (QED) is 0.742. The van der Waals surface area contributed by atoms with Gasteiger partial charge < -0.3 is 20.1 Å². The number of amides is 1. The highest BCUT2D eigenvalue weighted by molar-refractivity contribution is 5.83. The first-order valence-corrected chi connectivity index (χ1v) is 6.78. The molecule has 2 aliphatic heterocycles. The minimum atomic E-state index is -0.323. The molecule has 1 amide bonds. The van der Waals surface area contributed by atoms with Crippen LogP contribution in [0.1, 0.15) is 26.2 Å². The van der Waals surface area contributed by atoms with Gasteiger partial charge in [0.05, 0.1) is 12.0 Å². The molecule has 0 spiro atoms. The van der Waals surface area contributed by atoms with Gasteiger partial charge in [0.1, 0.15) is 5.60 Å². The van der Waals surface area contributed by atoms with Crippen LogP contribution in [0.5, 0.6) is 0 Å². The van der Waals surface area contributed by atoms with Gasteiger partial charge in [-0.2, -0.15) is 0 Å². The van der Waals surface area contributed by atoms with Crippen LogP contribution in [0.15, 0.2) is 0 Å². The molecule has 18 heavy (non-hydrogen) atoms. The van der Waals surface area contributed by atoms with Crippen LogP contribution >= 0.6 is 0 Å². The van der Waals surface area contributed by atoms with E-state index in [1.807, 2.05) is 0 Å². The lowest BCUT2D eigenvalue weighted by Crippen LogP contribution is -2.50. The van der Waals surface area contributed by atoms with Crippen LogP contribution in [-0.4, -0.2) is 51.5 Å². The molecule has 2 aliphatic rings. The molecule has 2 N–H and O–H groups in total. The summed E-state index contributed by atoms with van der Waals surface area (Å²) in [5.74, 6) is 0.151. The number of hydrogen-bond donors (Lipinski definition) is 2. The monoisotopic (exact) mass is 256 g/mol. The van der Waals surface area contributed by atoms with Crippen molar-refractivity contribution in [2.45, 2.75) is 31.8 Å². The average molecular weight is 256 g/mol. The van der Waals surface area contributed by atoms with Crippen molar-refractivity contribution in [3.05, 3.63) is 0 Å². The maximum atomic E-state index is 12.4. The predicted octanol–water partition coefficient (Wildman–Crippen LogP) is 0.298. The molecule has 0 saturated carbocycles. The Labute approximate surface area is 109 Å². The molecular weight excluding hydrogens is 232 g/mol. The predicted molar refractivity (Wildman–Crippen MR) is 68.4 cm³/mol. The van der Waals surface area contributed by atoms with E-state index in [1.165, 1.54) is 0 Å². The Morgan fingerprint density at radius 1 is 1.50 bits per heavy atom. The molecule has 0 radical (unpaired) electrons. The number of carbonyl (C=O) groups is 1. The molecule has 0 aliphatic carbocycles. The van der Waals surface area contributed by atoms with Crippen LogP contribution in [0.4, 0.5) is 0 Å². The molecule has 104 valence electrons. The maximum Gasteiger partial charge on any atom is 0.227 e. The van der Waals surface area contributed by atoms with Gasteiger partial charge in [0.2, 0.25) is 5.91 Å². The van der Waals surface area contributed by atoms with Crippen molar-refractivity contribution in [3.63, 3.8) is 0 Å². The van der Waals surface area contributed by atoms with Crippen molar-refractivity contribution in [2.75, 3.05) is 40.0 Å². The van der Waals surface area contributed by atoms with Gasteiger partial charge in [-0.3, -0.25) is 4.79 Å². The molecule has 5 nitrogen and oxygen atoms in total. The first kappa shape index (κ1) is 13.8. The van der Waals surface area contributed by atoms with Gasteiger partial charge in [-0.05, 0) is 19.4 Å². The van der Waals surface area contributed by atoms with Gasteiger partial charge in [-0.1, -0.05) is 6.92 Å². The summed E-state index contributed by atoms with van der Waals surface area (Å²) in [6, 6.07) is 0. The van der Waals surface area contributed by atoms with E-state index in [0.717, 1.165) is 32.4 Å². The van der Waals surface area contributed by atoms with Gasteiger partial charge >= 0.3 is 0 Å². The third-order valence-electron chi connectivity index (χ3n) is 4.47. The minimum Gasteiger partial charge on any atom is -0.378 e. The number of rotatable bonds is 5. The van der Waals surface area contributed by atoms with E-state index < -0.39 is 0 Å². The summed E-state index contributed by atoms with van der Waals surface area (Å²) in [5, 5.41) is 6.35. The molecule has 0 aromatic carbocycles. The number of nitrogens with one attached hydrogen (secondary N) is 2. The summed E-state index contributed by atoms with van der Waals surface area (Å²) >= 11 is 0. The number of carbonyl (C=O) groups excluding carboxylic acids is 1. The third kappa shape index (κ3) is 2.53. The Hall–Kier alpha value is -0.650. The Balaban J connectivity index is 1.91. The fourth-order valence-corrected chi connectivity index (χ4v) is 2.79. The molecule has 2 atom stereocenters.